The highest BCUT2D eigenvalue weighted by molar-refractivity contribution is 7.14. The Labute approximate surface area is 168 Å². The minimum Gasteiger partial charge on any atom is -0.451 e. The van der Waals surface area contributed by atoms with E-state index in [1.807, 2.05) is 37.3 Å². The summed E-state index contributed by atoms with van der Waals surface area (Å²) >= 11 is 7.48. The minimum absolute atomic E-state index is 0.155. The maximum Gasteiger partial charge on any atom is 0.348 e. The smallest absolute Gasteiger partial charge is 0.348 e. The highest BCUT2D eigenvalue weighted by Crippen LogP contribution is 2.23. The van der Waals surface area contributed by atoms with Crippen molar-refractivity contribution in [1.29, 1.82) is 0 Å². The molecule has 27 heavy (non-hydrogen) atoms. The topological polar surface area (TPSA) is 49.9 Å². The van der Waals surface area contributed by atoms with Crippen LogP contribution in [0.25, 0.3) is 0 Å². The molecule has 144 valence electrons. The van der Waals surface area contributed by atoms with Crippen LogP contribution in [0.15, 0.2) is 30.3 Å². The Balaban J connectivity index is 1.48. The number of aryl methyl sites for hydroxylation is 2. The molecule has 0 radical (unpaired) electrons. The molecule has 5 nitrogen and oxygen atoms in total. The van der Waals surface area contributed by atoms with Crippen molar-refractivity contribution in [2.45, 2.75) is 20.3 Å². The molecule has 1 aromatic heterocycles. The lowest BCUT2D eigenvalue weighted by Gasteiger charge is -2.36. The van der Waals surface area contributed by atoms with Gasteiger partial charge in [0, 0.05) is 41.8 Å². The number of amides is 1. The van der Waals surface area contributed by atoms with E-state index in [-0.39, 0.29) is 12.5 Å². The number of benzene rings is 1. The number of hydrogen-bond acceptors (Lipinski definition) is 5. The molecule has 0 spiro atoms. The largest absolute Gasteiger partial charge is 0.451 e. The van der Waals surface area contributed by atoms with Crippen LogP contribution in [0.4, 0.5) is 5.69 Å². The Morgan fingerprint density at radius 2 is 1.93 bits per heavy atom. The molecule has 1 aliphatic rings. The number of rotatable bonds is 5. The second-order valence-corrected chi connectivity index (χ2v) is 8.07. The molecule has 1 fully saturated rings. The van der Waals surface area contributed by atoms with Crippen molar-refractivity contribution in [3.8, 4) is 0 Å². The van der Waals surface area contributed by atoms with E-state index in [9.17, 15) is 9.59 Å². The lowest BCUT2D eigenvalue weighted by Crippen LogP contribution is -2.49. The van der Waals surface area contributed by atoms with E-state index in [0.717, 1.165) is 30.8 Å². The monoisotopic (exact) mass is 406 g/mol. The van der Waals surface area contributed by atoms with Crippen molar-refractivity contribution < 1.29 is 14.3 Å². The van der Waals surface area contributed by atoms with Gasteiger partial charge in [-0.2, -0.15) is 0 Å². The number of piperazine rings is 1. The summed E-state index contributed by atoms with van der Waals surface area (Å²) in [5.74, 6) is -0.577. The van der Waals surface area contributed by atoms with Crippen LogP contribution in [0.3, 0.4) is 0 Å². The zero-order valence-corrected chi connectivity index (χ0v) is 17.1. The fourth-order valence-corrected chi connectivity index (χ4v) is 4.34. The third-order valence-electron chi connectivity index (χ3n) is 4.68. The average molecular weight is 407 g/mol. The number of esters is 1. The summed E-state index contributed by atoms with van der Waals surface area (Å²) in [4.78, 5) is 30.2. The summed E-state index contributed by atoms with van der Waals surface area (Å²) in [5.41, 5.74) is 2.15. The van der Waals surface area contributed by atoms with Gasteiger partial charge in [-0.1, -0.05) is 24.6 Å². The van der Waals surface area contributed by atoms with Crippen LogP contribution >= 0.6 is 22.9 Å². The molecular formula is C20H23ClN2O3S. The second-order valence-electron chi connectivity index (χ2n) is 6.49. The van der Waals surface area contributed by atoms with Crippen LogP contribution in [-0.2, 0) is 16.0 Å². The van der Waals surface area contributed by atoms with Gasteiger partial charge in [-0.25, -0.2) is 4.79 Å². The van der Waals surface area contributed by atoms with Crippen LogP contribution < -0.4 is 4.90 Å². The zero-order valence-electron chi connectivity index (χ0n) is 15.5. The molecule has 7 heteroatoms. The summed E-state index contributed by atoms with van der Waals surface area (Å²) in [5, 5.41) is 0.702. The summed E-state index contributed by atoms with van der Waals surface area (Å²) in [6, 6.07) is 9.54. The Bertz CT molecular complexity index is 828. The molecule has 1 aliphatic heterocycles. The fraction of sp³-hybridized carbons (Fsp3) is 0.400. The number of hydrogen-bond donors (Lipinski definition) is 0. The Kier molecular flexibility index (Phi) is 6.39. The van der Waals surface area contributed by atoms with E-state index in [2.05, 4.69) is 11.8 Å². The second kappa shape index (κ2) is 8.76. The molecule has 0 bridgehead atoms. The molecule has 0 aliphatic carbocycles. The summed E-state index contributed by atoms with van der Waals surface area (Å²) in [7, 11) is 0. The van der Waals surface area contributed by atoms with Gasteiger partial charge in [0.15, 0.2) is 6.61 Å². The van der Waals surface area contributed by atoms with E-state index in [1.54, 1.807) is 4.90 Å². The Hall–Kier alpha value is -2.05. The molecule has 0 unspecified atom stereocenters. The standard InChI is InChI=1S/C20H23ClN2O3S/c1-3-17-14(2)11-18(27-17)20(25)26-13-19(24)23-9-7-22(8-10-23)16-6-4-5-15(21)12-16/h4-6,11-12H,3,7-10,13H2,1-2H3. The van der Waals surface area contributed by atoms with Gasteiger partial charge in [-0.15, -0.1) is 11.3 Å². The number of carbonyl (C=O) groups is 2. The first-order chi connectivity index (χ1) is 13.0. The third kappa shape index (κ3) is 4.82. The van der Waals surface area contributed by atoms with Gasteiger partial charge >= 0.3 is 5.97 Å². The van der Waals surface area contributed by atoms with E-state index < -0.39 is 5.97 Å². The number of ether oxygens (including phenoxy) is 1. The minimum atomic E-state index is -0.422. The van der Waals surface area contributed by atoms with E-state index >= 15 is 0 Å². The van der Waals surface area contributed by atoms with E-state index in [0.29, 0.717) is 23.0 Å². The van der Waals surface area contributed by atoms with Gasteiger partial charge in [0.2, 0.25) is 0 Å². The lowest BCUT2D eigenvalue weighted by atomic mass is 10.2. The van der Waals surface area contributed by atoms with Crippen molar-refractivity contribution in [3.05, 3.63) is 50.7 Å². The van der Waals surface area contributed by atoms with Crippen molar-refractivity contribution in [3.63, 3.8) is 0 Å². The van der Waals surface area contributed by atoms with Crippen LogP contribution in [0.2, 0.25) is 5.02 Å². The Morgan fingerprint density at radius 3 is 2.56 bits per heavy atom. The SMILES string of the molecule is CCc1sc(C(=O)OCC(=O)N2CCN(c3cccc(Cl)c3)CC2)cc1C. The predicted molar refractivity (Wildman–Crippen MR) is 109 cm³/mol. The number of anilines is 1. The number of carbonyl (C=O) groups excluding carboxylic acids is 2. The highest BCUT2D eigenvalue weighted by atomic mass is 35.5. The molecule has 0 saturated carbocycles. The molecule has 2 heterocycles. The summed E-state index contributed by atoms with van der Waals surface area (Å²) < 4.78 is 5.23. The first-order valence-corrected chi connectivity index (χ1v) is 10.2. The quantitative estimate of drug-likeness (QED) is 0.709. The normalized spacial score (nSPS) is 14.3. The molecule has 0 N–H and O–H groups in total. The molecule has 2 aromatic rings. The number of halogens is 1. The number of nitrogens with zero attached hydrogens (tertiary/aromatic N) is 2. The van der Waals surface area contributed by atoms with Gasteiger partial charge in [0.1, 0.15) is 4.88 Å². The molecule has 3 rings (SSSR count). The first-order valence-electron chi connectivity index (χ1n) is 9.02. The molecule has 1 aromatic carbocycles. The maximum atomic E-state index is 12.4. The first kappa shape index (κ1) is 19.7. The van der Waals surface area contributed by atoms with Gasteiger partial charge in [-0.05, 0) is 43.2 Å². The van der Waals surface area contributed by atoms with Crippen LogP contribution in [-0.4, -0.2) is 49.6 Å². The van der Waals surface area contributed by atoms with E-state index in [1.165, 1.54) is 16.2 Å². The van der Waals surface area contributed by atoms with Crippen LogP contribution in [0.1, 0.15) is 27.0 Å². The predicted octanol–water partition coefficient (Wildman–Crippen LogP) is 3.78. The van der Waals surface area contributed by atoms with Gasteiger partial charge in [-0.3, -0.25) is 4.79 Å². The van der Waals surface area contributed by atoms with Crippen LogP contribution in [0, 0.1) is 6.92 Å². The molecule has 0 atom stereocenters. The van der Waals surface area contributed by atoms with Crippen molar-refractivity contribution >= 4 is 40.5 Å². The zero-order chi connectivity index (χ0) is 19.4. The Morgan fingerprint density at radius 1 is 1.19 bits per heavy atom. The summed E-state index contributed by atoms with van der Waals surface area (Å²) in [6.45, 7) is 6.47. The van der Waals surface area contributed by atoms with Gasteiger partial charge in [0.25, 0.3) is 5.91 Å². The van der Waals surface area contributed by atoms with Crippen molar-refractivity contribution in [1.82, 2.24) is 4.90 Å². The maximum absolute atomic E-state index is 12.4. The van der Waals surface area contributed by atoms with E-state index in [4.69, 9.17) is 16.3 Å². The molecule has 1 amide bonds. The van der Waals surface area contributed by atoms with Crippen molar-refractivity contribution in [2.24, 2.45) is 0 Å². The average Bonchev–Trinajstić information content (AvgIpc) is 3.07. The highest BCUT2D eigenvalue weighted by Gasteiger charge is 2.23. The third-order valence-corrected chi connectivity index (χ3v) is 6.27. The number of thiophene rings is 1. The fourth-order valence-electron chi connectivity index (χ4n) is 3.15. The summed E-state index contributed by atoms with van der Waals surface area (Å²) in [6.07, 6.45) is 0.889. The molecular weight excluding hydrogens is 384 g/mol. The van der Waals surface area contributed by atoms with Crippen LogP contribution in [0.5, 0.6) is 0 Å². The lowest BCUT2D eigenvalue weighted by molar-refractivity contribution is -0.134. The van der Waals surface area contributed by atoms with Gasteiger partial charge < -0.3 is 14.5 Å². The molecule has 1 saturated heterocycles. The van der Waals surface area contributed by atoms with Gasteiger partial charge in [0.05, 0.1) is 0 Å². The van der Waals surface area contributed by atoms with Crippen molar-refractivity contribution in [2.75, 3.05) is 37.7 Å².